The maximum atomic E-state index is 12.4. The molecule has 2 amide bonds. The van der Waals surface area contributed by atoms with Crippen LogP contribution in [-0.2, 0) is 0 Å². The van der Waals surface area contributed by atoms with Crippen LogP contribution in [0.3, 0.4) is 0 Å². The maximum absolute atomic E-state index is 12.4. The Bertz CT molecular complexity index is 847. The van der Waals surface area contributed by atoms with Crippen LogP contribution in [0.25, 0.3) is 5.57 Å². The second kappa shape index (κ2) is 7.79. The van der Waals surface area contributed by atoms with E-state index in [9.17, 15) is 4.79 Å². The lowest BCUT2D eigenvalue weighted by atomic mass is 10.0. The van der Waals surface area contributed by atoms with Crippen molar-refractivity contribution in [3.63, 3.8) is 0 Å². The van der Waals surface area contributed by atoms with Crippen molar-refractivity contribution in [3.05, 3.63) is 59.4 Å². The molecule has 2 aromatic rings. The number of nitrogens with one attached hydrogen (secondary N) is 1. The van der Waals surface area contributed by atoms with Crippen molar-refractivity contribution < 1.29 is 4.79 Å². The minimum absolute atomic E-state index is 0.108. The predicted octanol–water partition coefficient (Wildman–Crippen LogP) is 3.79. The first-order valence-electron chi connectivity index (χ1n) is 8.66. The largest absolute Gasteiger partial charge is 0.322 e. The zero-order valence-corrected chi connectivity index (χ0v) is 14.9. The monoisotopic (exact) mass is 347 g/mol. The lowest BCUT2D eigenvalue weighted by Gasteiger charge is -2.26. The molecule has 26 heavy (non-hydrogen) atoms. The van der Waals surface area contributed by atoms with Crippen LogP contribution in [0, 0.1) is 11.3 Å². The zero-order valence-electron chi connectivity index (χ0n) is 14.9. The Morgan fingerprint density at radius 2 is 1.96 bits per heavy atom. The van der Waals surface area contributed by atoms with Gasteiger partial charge >= 0.3 is 6.03 Å². The van der Waals surface area contributed by atoms with Crippen molar-refractivity contribution in [2.24, 2.45) is 0 Å². The number of carbonyl (C=O) groups excluding carboxylic acids is 1. The molecule has 1 N–H and O–H groups in total. The van der Waals surface area contributed by atoms with Gasteiger partial charge in [0.05, 0.1) is 5.69 Å². The molecule has 0 fully saturated rings. The van der Waals surface area contributed by atoms with Crippen LogP contribution in [0.15, 0.2) is 42.5 Å². The van der Waals surface area contributed by atoms with Crippen molar-refractivity contribution in [1.29, 1.82) is 5.26 Å². The van der Waals surface area contributed by atoms with Gasteiger partial charge in [-0.15, -0.1) is 10.2 Å². The third kappa shape index (κ3) is 4.06. The number of urea groups is 1. The molecule has 0 saturated heterocycles. The van der Waals surface area contributed by atoms with Crippen molar-refractivity contribution in [3.8, 4) is 6.07 Å². The van der Waals surface area contributed by atoms with Crippen LogP contribution in [0.5, 0.6) is 0 Å². The van der Waals surface area contributed by atoms with Gasteiger partial charge < -0.3 is 10.2 Å². The van der Waals surface area contributed by atoms with Crippen molar-refractivity contribution >= 4 is 17.3 Å². The fourth-order valence-corrected chi connectivity index (χ4v) is 2.80. The van der Waals surface area contributed by atoms with Gasteiger partial charge in [-0.1, -0.05) is 32.1 Å². The summed E-state index contributed by atoms with van der Waals surface area (Å²) in [7, 11) is 0. The van der Waals surface area contributed by atoms with Gasteiger partial charge in [-0.05, 0) is 47.7 Å². The van der Waals surface area contributed by atoms with Crippen LogP contribution >= 0.6 is 0 Å². The summed E-state index contributed by atoms with van der Waals surface area (Å²) in [6.45, 7) is 5.42. The van der Waals surface area contributed by atoms with Crippen LogP contribution in [0.2, 0.25) is 0 Å². The zero-order chi connectivity index (χ0) is 18.5. The van der Waals surface area contributed by atoms with Crippen molar-refractivity contribution in [1.82, 2.24) is 15.1 Å². The number of hydrogen-bond acceptors (Lipinski definition) is 4. The molecule has 2 heterocycles. The van der Waals surface area contributed by atoms with Gasteiger partial charge in [0.1, 0.15) is 6.07 Å². The molecule has 0 spiro atoms. The van der Waals surface area contributed by atoms with E-state index in [0.717, 1.165) is 17.0 Å². The van der Waals surface area contributed by atoms with E-state index in [1.165, 1.54) is 5.56 Å². The molecule has 1 aromatic carbocycles. The van der Waals surface area contributed by atoms with Gasteiger partial charge in [0.15, 0.2) is 5.69 Å². The molecule has 0 aliphatic carbocycles. The average Bonchev–Trinajstić information content (AvgIpc) is 2.68. The van der Waals surface area contributed by atoms with E-state index in [-0.39, 0.29) is 6.03 Å². The summed E-state index contributed by atoms with van der Waals surface area (Å²) in [5, 5.41) is 19.7. The lowest BCUT2D eigenvalue weighted by Crippen LogP contribution is -2.37. The fraction of sp³-hybridized carbons (Fsp3) is 0.300. The minimum Gasteiger partial charge on any atom is -0.320 e. The van der Waals surface area contributed by atoms with Crippen LogP contribution in [0.1, 0.15) is 43.1 Å². The molecule has 0 atom stereocenters. The highest BCUT2D eigenvalue weighted by atomic mass is 16.2. The predicted molar refractivity (Wildman–Crippen MR) is 100 cm³/mol. The van der Waals surface area contributed by atoms with E-state index in [4.69, 9.17) is 5.26 Å². The Hall–Kier alpha value is -3.20. The SMILES string of the molecule is CC(C)c1ccc(NC(=O)N2CC=C(c3ccc(C#N)nn3)CC2)cc1. The molecule has 0 bridgehead atoms. The summed E-state index contributed by atoms with van der Waals surface area (Å²) >= 11 is 0. The third-order valence-electron chi connectivity index (χ3n) is 4.43. The first-order valence-corrected chi connectivity index (χ1v) is 8.66. The van der Waals surface area contributed by atoms with Gasteiger partial charge in [-0.25, -0.2) is 4.79 Å². The van der Waals surface area contributed by atoms with E-state index < -0.39 is 0 Å². The highest BCUT2D eigenvalue weighted by Gasteiger charge is 2.18. The van der Waals surface area contributed by atoms with Crippen molar-refractivity contribution in [2.75, 3.05) is 18.4 Å². The molecule has 0 unspecified atom stereocenters. The molecule has 132 valence electrons. The summed E-state index contributed by atoms with van der Waals surface area (Å²) in [4.78, 5) is 14.2. The van der Waals surface area contributed by atoms with Crippen LogP contribution < -0.4 is 5.32 Å². The summed E-state index contributed by atoms with van der Waals surface area (Å²) in [6, 6.07) is 13.3. The molecule has 6 heteroatoms. The molecule has 0 saturated carbocycles. The number of benzene rings is 1. The molecule has 1 aromatic heterocycles. The van der Waals surface area contributed by atoms with E-state index in [1.807, 2.05) is 36.4 Å². The fourth-order valence-electron chi connectivity index (χ4n) is 2.80. The first kappa shape index (κ1) is 17.6. The summed E-state index contributed by atoms with van der Waals surface area (Å²) in [5.74, 6) is 0.468. The molecule has 6 nitrogen and oxygen atoms in total. The standard InChI is InChI=1S/C20H21N5O/c1-14(2)15-3-5-17(6-4-15)22-20(26)25-11-9-16(10-12-25)19-8-7-18(13-21)23-24-19/h3-9,14H,10-12H2,1-2H3,(H,22,26). The third-order valence-corrected chi connectivity index (χ3v) is 4.43. The number of rotatable bonds is 3. The second-order valence-corrected chi connectivity index (χ2v) is 6.55. The van der Waals surface area contributed by atoms with Gasteiger partial charge in [-0.2, -0.15) is 5.26 Å². The van der Waals surface area contributed by atoms with E-state index >= 15 is 0 Å². The van der Waals surface area contributed by atoms with E-state index in [1.54, 1.807) is 17.0 Å². The molecule has 1 aliphatic heterocycles. The van der Waals surface area contributed by atoms with Gasteiger partial charge in [0, 0.05) is 18.8 Å². The summed E-state index contributed by atoms with van der Waals surface area (Å²) < 4.78 is 0. The average molecular weight is 347 g/mol. The number of carbonyl (C=O) groups is 1. The number of nitriles is 1. The maximum Gasteiger partial charge on any atom is 0.322 e. The smallest absolute Gasteiger partial charge is 0.320 e. The number of nitrogens with zero attached hydrogens (tertiary/aromatic N) is 4. The highest BCUT2D eigenvalue weighted by Crippen LogP contribution is 2.21. The topological polar surface area (TPSA) is 81.9 Å². The Morgan fingerprint density at radius 3 is 2.50 bits per heavy atom. The second-order valence-electron chi connectivity index (χ2n) is 6.55. The molecular formula is C20H21N5O. The van der Waals surface area contributed by atoms with Gasteiger partial charge in [-0.3, -0.25) is 0 Å². The Balaban J connectivity index is 1.60. The number of amides is 2. The summed E-state index contributed by atoms with van der Waals surface area (Å²) in [6.07, 6.45) is 2.70. The Kier molecular flexibility index (Phi) is 5.28. The minimum atomic E-state index is -0.108. The number of aromatic nitrogens is 2. The highest BCUT2D eigenvalue weighted by molar-refractivity contribution is 5.90. The number of anilines is 1. The van der Waals surface area contributed by atoms with Gasteiger partial charge in [0.2, 0.25) is 0 Å². The Morgan fingerprint density at radius 1 is 1.19 bits per heavy atom. The first-order chi connectivity index (χ1) is 12.6. The van der Waals surface area contributed by atoms with Gasteiger partial charge in [0.25, 0.3) is 0 Å². The molecular weight excluding hydrogens is 326 g/mol. The van der Waals surface area contributed by atoms with E-state index in [0.29, 0.717) is 31.1 Å². The Labute approximate surface area is 153 Å². The van der Waals surface area contributed by atoms with Crippen LogP contribution in [-0.4, -0.2) is 34.2 Å². The number of hydrogen-bond donors (Lipinski definition) is 1. The van der Waals surface area contributed by atoms with E-state index in [2.05, 4.69) is 29.4 Å². The molecule has 3 rings (SSSR count). The van der Waals surface area contributed by atoms with Crippen LogP contribution in [0.4, 0.5) is 10.5 Å². The molecule has 0 radical (unpaired) electrons. The molecule has 1 aliphatic rings. The van der Waals surface area contributed by atoms with Crippen molar-refractivity contribution in [2.45, 2.75) is 26.2 Å². The summed E-state index contributed by atoms with van der Waals surface area (Å²) in [5.41, 5.74) is 4.15. The normalized spacial score (nSPS) is 13.9. The quantitative estimate of drug-likeness (QED) is 0.916. The lowest BCUT2D eigenvalue weighted by molar-refractivity contribution is 0.217.